The summed E-state index contributed by atoms with van der Waals surface area (Å²) in [4.78, 5) is 0. The van der Waals surface area contributed by atoms with Gasteiger partial charge in [0.25, 0.3) is 0 Å². The Kier molecular flexibility index (Phi) is 2.23. The Labute approximate surface area is 84.3 Å². The third-order valence-electron chi connectivity index (χ3n) is 2.36. The van der Waals surface area contributed by atoms with E-state index in [1.54, 1.807) is 0 Å². The number of aromatic nitrogens is 1. The molecular formula is C13H13N. The van der Waals surface area contributed by atoms with Crippen LogP contribution in [0.25, 0.3) is 17.5 Å². The summed E-state index contributed by atoms with van der Waals surface area (Å²) in [6, 6.07) is 12.5. The highest BCUT2D eigenvalue weighted by molar-refractivity contribution is 5.66. The first-order chi connectivity index (χ1) is 6.83. The van der Waals surface area contributed by atoms with Gasteiger partial charge in [0.15, 0.2) is 0 Å². The number of rotatable bonds is 2. The average molecular weight is 183 g/mol. The van der Waals surface area contributed by atoms with Crippen LogP contribution in [-0.2, 0) is 0 Å². The number of benzene rings is 1. The highest BCUT2D eigenvalue weighted by atomic mass is 14.9. The van der Waals surface area contributed by atoms with E-state index in [1.807, 2.05) is 23.0 Å². The lowest BCUT2D eigenvalue weighted by Gasteiger charge is -2.05. The molecule has 0 unspecified atom stereocenters. The van der Waals surface area contributed by atoms with Crippen LogP contribution in [0.5, 0.6) is 0 Å². The van der Waals surface area contributed by atoms with Gasteiger partial charge in [-0.2, -0.15) is 0 Å². The summed E-state index contributed by atoms with van der Waals surface area (Å²) in [7, 11) is 0. The smallest absolute Gasteiger partial charge is 0.0551 e. The lowest BCUT2D eigenvalue weighted by Crippen LogP contribution is -1.88. The maximum Gasteiger partial charge on any atom is 0.0551 e. The fraction of sp³-hybridized carbons (Fsp3) is 0.0769. The van der Waals surface area contributed by atoms with Gasteiger partial charge >= 0.3 is 0 Å². The van der Waals surface area contributed by atoms with Crippen molar-refractivity contribution in [1.82, 2.24) is 4.57 Å². The first kappa shape index (κ1) is 8.82. The third-order valence-corrected chi connectivity index (χ3v) is 2.36. The molecule has 0 N–H and O–H groups in total. The Bertz CT molecular complexity index is 438. The zero-order valence-corrected chi connectivity index (χ0v) is 8.27. The van der Waals surface area contributed by atoms with Gasteiger partial charge in [0.1, 0.15) is 0 Å². The molecule has 0 fully saturated rings. The maximum atomic E-state index is 3.79. The third kappa shape index (κ3) is 1.37. The van der Waals surface area contributed by atoms with Gasteiger partial charge in [0, 0.05) is 12.4 Å². The minimum absolute atomic E-state index is 1.22. The second-order valence-corrected chi connectivity index (χ2v) is 3.30. The van der Waals surface area contributed by atoms with E-state index >= 15 is 0 Å². The molecule has 1 aromatic heterocycles. The molecule has 0 saturated heterocycles. The number of hydrogen-bond donors (Lipinski definition) is 0. The van der Waals surface area contributed by atoms with E-state index in [0.717, 1.165) is 0 Å². The minimum atomic E-state index is 1.22. The Balaban J connectivity index is 2.61. The SMILES string of the molecule is C=Cn1ccc(C)c1-c1ccccc1. The molecule has 1 nitrogen and oxygen atoms in total. The summed E-state index contributed by atoms with van der Waals surface area (Å²) >= 11 is 0. The average Bonchev–Trinajstić information content (AvgIpc) is 2.61. The predicted molar refractivity (Wildman–Crippen MR) is 61.0 cm³/mol. The van der Waals surface area contributed by atoms with E-state index in [2.05, 4.69) is 43.8 Å². The topological polar surface area (TPSA) is 4.93 Å². The number of nitrogens with zero attached hydrogens (tertiary/aromatic N) is 1. The van der Waals surface area contributed by atoms with Crippen LogP contribution in [0.15, 0.2) is 49.2 Å². The molecule has 1 heteroatoms. The fourth-order valence-electron chi connectivity index (χ4n) is 1.67. The van der Waals surface area contributed by atoms with Crippen LogP contribution in [0.3, 0.4) is 0 Å². The van der Waals surface area contributed by atoms with E-state index in [4.69, 9.17) is 0 Å². The van der Waals surface area contributed by atoms with Crippen molar-refractivity contribution in [3.05, 3.63) is 54.7 Å². The molecule has 70 valence electrons. The zero-order valence-electron chi connectivity index (χ0n) is 8.27. The van der Waals surface area contributed by atoms with Crippen LogP contribution in [0.2, 0.25) is 0 Å². The molecule has 0 aliphatic heterocycles. The monoisotopic (exact) mass is 183 g/mol. The van der Waals surface area contributed by atoms with Crippen molar-refractivity contribution in [2.75, 3.05) is 0 Å². The van der Waals surface area contributed by atoms with Crippen LogP contribution in [0.1, 0.15) is 5.56 Å². The number of aryl methyl sites for hydroxylation is 1. The fourth-order valence-corrected chi connectivity index (χ4v) is 1.67. The van der Waals surface area contributed by atoms with Crippen LogP contribution >= 0.6 is 0 Å². The lowest BCUT2D eigenvalue weighted by molar-refractivity contribution is 1.17. The van der Waals surface area contributed by atoms with Gasteiger partial charge in [-0.15, -0.1) is 0 Å². The summed E-state index contributed by atoms with van der Waals surface area (Å²) in [6.45, 7) is 5.91. The lowest BCUT2D eigenvalue weighted by atomic mass is 10.1. The van der Waals surface area contributed by atoms with Gasteiger partial charge < -0.3 is 4.57 Å². The van der Waals surface area contributed by atoms with Gasteiger partial charge in [0.05, 0.1) is 5.69 Å². The maximum absolute atomic E-state index is 3.79. The van der Waals surface area contributed by atoms with E-state index in [9.17, 15) is 0 Å². The quantitative estimate of drug-likeness (QED) is 0.670. The van der Waals surface area contributed by atoms with E-state index < -0.39 is 0 Å². The Morgan fingerprint density at radius 1 is 1.14 bits per heavy atom. The molecule has 2 aromatic rings. The van der Waals surface area contributed by atoms with Crippen molar-refractivity contribution < 1.29 is 0 Å². The molecule has 2 rings (SSSR count). The summed E-state index contributed by atoms with van der Waals surface area (Å²) < 4.78 is 2.05. The molecule has 0 amide bonds. The molecule has 0 radical (unpaired) electrons. The molecule has 14 heavy (non-hydrogen) atoms. The Morgan fingerprint density at radius 2 is 1.86 bits per heavy atom. The molecule has 0 spiro atoms. The number of hydrogen-bond acceptors (Lipinski definition) is 0. The Morgan fingerprint density at radius 3 is 2.50 bits per heavy atom. The van der Waals surface area contributed by atoms with E-state index in [1.165, 1.54) is 16.8 Å². The van der Waals surface area contributed by atoms with Crippen LogP contribution in [0.4, 0.5) is 0 Å². The minimum Gasteiger partial charge on any atom is -0.324 e. The van der Waals surface area contributed by atoms with Crippen molar-refractivity contribution in [3.63, 3.8) is 0 Å². The molecule has 0 bridgehead atoms. The standard InChI is InChI=1S/C13H13N/c1-3-14-10-9-11(2)13(14)12-7-5-4-6-8-12/h3-10H,1H2,2H3. The van der Waals surface area contributed by atoms with Gasteiger partial charge in [-0.25, -0.2) is 0 Å². The highest BCUT2D eigenvalue weighted by Gasteiger charge is 2.04. The molecule has 1 aromatic carbocycles. The second-order valence-electron chi connectivity index (χ2n) is 3.30. The molecule has 0 saturated carbocycles. The van der Waals surface area contributed by atoms with E-state index in [-0.39, 0.29) is 0 Å². The Hall–Kier alpha value is -1.76. The predicted octanol–water partition coefficient (Wildman–Crippen LogP) is 3.56. The second kappa shape index (κ2) is 3.54. The zero-order chi connectivity index (χ0) is 9.97. The van der Waals surface area contributed by atoms with Gasteiger partial charge in [-0.1, -0.05) is 36.9 Å². The van der Waals surface area contributed by atoms with Gasteiger partial charge in [-0.05, 0) is 24.1 Å². The van der Waals surface area contributed by atoms with Gasteiger partial charge in [-0.3, -0.25) is 0 Å². The van der Waals surface area contributed by atoms with Crippen LogP contribution in [-0.4, -0.2) is 4.57 Å². The molecule has 0 aliphatic rings. The molecule has 1 heterocycles. The summed E-state index contributed by atoms with van der Waals surface area (Å²) in [5.41, 5.74) is 3.73. The molecule has 0 aliphatic carbocycles. The van der Waals surface area contributed by atoms with Crippen LogP contribution < -0.4 is 0 Å². The first-order valence-corrected chi connectivity index (χ1v) is 4.68. The van der Waals surface area contributed by atoms with Crippen molar-refractivity contribution in [2.45, 2.75) is 6.92 Å². The van der Waals surface area contributed by atoms with Crippen molar-refractivity contribution in [3.8, 4) is 11.3 Å². The summed E-state index contributed by atoms with van der Waals surface area (Å²) in [5, 5.41) is 0. The largest absolute Gasteiger partial charge is 0.324 e. The molecule has 0 atom stereocenters. The van der Waals surface area contributed by atoms with Crippen molar-refractivity contribution in [2.24, 2.45) is 0 Å². The highest BCUT2D eigenvalue weighted by Crippen LogP contribution is 2.24. The normalized spacial score (nSPS) is 10.1. The van der Waals surface area contributed by atoms with E-state index in [0.29, 0.717) is 0 Å². The first-order valence-electron chi connectivity index (χ1n) is 4.68. The van der Waals surface area contributed by atoms with Crippen molar-refractivity contribution in [1.29, 1.82) is 0 Å². The van der Waals surface area contributed by atoms with Gasteiger partial charge in [0.2, 0.25) is 0 Å². The van der Waals surface area contributed by atoms with Crippen molar-refractivity contribution >= 4 is 6.20 Å². The molecular weight excluding hydrogens is 170 g/mol. The van der Waals surface area contributed by atoms with Crippen LogP contribution in [0, 0.1) is 6.92 Å². The summed E-state index contributed by atoms with van der Waals surface area (Å²) in [5.74, 6) is 0. The summed E-state index contributed by atoms with van der Waals surface area (Å²) in [6.07, 6.45) is 3.86.